The first-order chi connectivity index (χ1) is 5.22. The largest absolute Gasteiger partial charge is 0.364 e. The van der Waals surface area contributed by atoms with E-state index in [4.69, 9.17) is 10.1 Å². The fourth-order valence-electron chi connectivity index (χ4n) is 1.06. The van der Waals surface area contributed by atoms with Gasteiger partial charge in [-0.1, -0.05) is 0 Å². The van der Waals surface area contributed by atoms with Gasteiger partial charge in [0.05, 0.1) is 12.4 Å². The number of nitrogens with one attached hydrogen (secondary N) is 1. The molecule has 1 rings (SSSR count). The topological polar surface area (TPSA) is 36.3 Å². The maximum absolute atomic E-state index is 6.96. The molecular weight excluding hydrogens is 160 g/mol. The number of likely N-dealkylation sites (N-methyl/N-ethyl adjacent to an activating group) is 1. The van der Waals surface area contributed by atoms with E-state index >= 15 is 0 Å². The van der Waals surface area contributed by atoms with E-state index in [-0.39, 0.29) is 0 Å². The maximum Gasteiger partial charge on any atom is 0.101 e. The predicted molar refractivity (Wildman–Crippen MR) is 48.2 cm³/mol. The Morgan fingerprint density at radius 1 is 1.82 bits per heavy atom. The van der Waals surface area contributed by atoms with Gasteiger partial charge in [-0.15, -0.1) is 11.8 Å². The predicted octanol–water partition coefficient (Wildman–Crippen LogP) is 1.00. The number of hydrogen-bond donors (Lipinski definition) is 1. The van der Waals surface area contributed by atoms with Crippen molar-refractivity contribution in [3.8, 4) is 0 Å². The van der Waals surface area contributed by atoms with Crippen LogP contribution in [0.15, 0.2) is 0 Å². The molecule has 0 saturated carbocycles. The molecule has 0 unspecified atom stereocenters. The Bertz CT molecular complexity index is 142. The van der Waals surface area contributed by atoms with Crippen molar-refractivity contribution in [3.63, 3.8) is 0 Å². The van der Waals surface area contributed by atoms with E-state index in [1.54, 1.807) is 0 Å². The van der Waals surface area contributed by atoms with E-state index in [2.05, 4.69) is 6.92 Å². The van der Waals surface area contributed by atoms with Crippen molar-refractivity contribution in [1.82, 2.24) is 4.90 Å². The third-order valence-electron chi connectivity index (χ3n) is 1.61. The zero-order valence-corrected chi connectivity index (χ0v) is 7.73. The number of nitrogens with zero attached hydrogens (tertiary/aromatic N) is 1. The monoisotopic (exact) mass is 174 g/mol. The van der Waals surface area contributed by atoms with E-state index in [0.29, 0.717) is 11.5 Å². The van der Waals surface area contributed by atoms with Gasteiger partial charge in [-0.3, -0.25) is 5.41 Å². The Morgan fingerprint density at radius 3 is 3.00 bits per heavy atom. The van der Waals surface area contributed by atoms with Crippen LogP contribution in [0.4, 0.5) is 0 Å². The summed E-state index contributed by atoms with van der Waals surface area (Å²) in [6, 6.07) is 0. The fraction of sp³-hybridized carbons (Fsp3) is 0.857. The highest BCUT2D eigenvalue weighted by molar-refractivity contribution is 7.99. The summed E-state index contributed by atoms with van der Waals surface area (Å²) >= 11 is 1.83. The lowest BCUT2D eigenvalue weighted by Crippen LogP contribution is -2.29. The van der Waals surface area contributed by atoms with Crippen LogP contribution in [0.2, 0.25) is 0 Å². The van der Waals surface area contributed by atoms with E-state index in [9.17, 15) is 0 Å². The van der Waals surface area contributed by atoms with Crippen molar-refractivity contribution in [2.75, 3.05) is 19.3 Å². The third-order valence-corrected chi connectivity index (χ3v) is 2.76. The summed E-state index contributed by atoms with van der Waals surface area (Å²) in [7, 11) is 1.89. The van der Waals surface area contributed by atoms with Gasteiger partial charge < -0.3 is 9.64 Å². The number of thioether (sulfide) groups is 1. The number of hydrogen-bond acceptors (Lipinski definition) is 3. The molecule has 1 N–H and O–H groups in total. The second-order valence-corrected chi connectivity index (χ2v) is 4.06. The molecule has 0 spiro atoms. The molecule has 0 aliphatic carbocycles. The average Bonchev–Trinajstić information content (AvgIpc) is 2.35. The van der Waals surface area contributed by atoms with E-state index < -0.39 is 0 Å². The molecule has 1 saturated heterocycles. The summed E-state index contributed by atoms with van der Waals surface area (Å²) in [5, 5.41) is 6.96. The summed E-state index contributed by atoms with van der Waals surface area (Å²) in [4.78, 5) is 1.84. The van der Waals surface area contributed by atoms with Gasteiger partial charge in [-0.05, 0) is 6.92 Å². The van der Waals surface area contributed by atoms with Crippen LogP contribution in [0.25, 0.3) is 0 Å². The highest BCUT2D eigenvalue weighted by Gasteiger charge is 2.22. The minimum atomic E-state index is 0.307. The van der Waals surface area contributed by atoms with E-state index in [0.717, 1.165) is 12.3 Å². The van der Waals surface area contributed by atoms with E-state index in [1.807, 2.05) is 23.7 Å². The minimum absolute atomic E-state index is 0.307. The molecular formula is C7H14N2OS. The molecule has 0 aromatic carbocycles. The van der Waals surface area contributed by atoms with Crippen LogP contribution < -0.4 is 0 Å². The molecule has 0 radical (unpaired) electrons. The van der Waals surface area contributed by atoms with Crippen LogP contribution in [-0.4, -0.2) is 42.1 Å². The zero-order valence-electron chi connectivity index (χ0n) is 6.91. The van der Waals surface area contributed by atoms with Gasteiger partial charge in [-0.2, -0.15) is 0 Å². The fourth-order valence-corrected chi connectivity index (χ4v) is 1.97. The first kappa shape index (κ1) is 8.87. The van der Waals surface area contributed by atoms with Crippen molar-refractivity contribution in [1.29, 1.82) is 5.41 Å². The zero-order chi connectivity index (χ0) is 8.27. The Balaban J connectivity index is 2.22. The Labute approximate surface area is 71.6 Å². The van der Waals surface area contributed by atoms with Crippen LogP contribution in [0.5, 0.6) is 0 Å². The maximum atomic E-state index is 6.96. The lowest BCUT2D eigenvalue weighted by Gasteiger charge is -2.16. The van der Waals surface area contributed by atoms with Crippen LogP contribution in [0.1, 0.15) is 6.92 Å². The molecule has 0 bridgehead atoms. The quantitative estimate of drug-likeness (QED) is 0.512. The number of rotatable bonds is 3. The van der Waals surface area contributed by atoms with Gasteiger partial charge in [0.2, 0.25) is 0 Å². The molecule has 0 amide bonds. The summed E-state index contributed by atoms with van der Waals surface area (Å²) < 4.78 is 5.55. The molecule has 3 nitrogen and oxygen atoms in total. The molecule has 0 aromatic heterocycles. The van der Waals surface area contributed by atoms with Crippen molar-refractivity contribution in [2.24, 2.45) is 0 Å². The lowest BCUT2D eigenvalue weighted by atomic mass is 10.4. The summed E-state index contributed by atoms with van der Waals surface area (Å²) in [6.45, 7) is 2.90. The van der Waals surface area contributed by atoms with Crippen LogP contribution in [-0.2, 0) is 4.74 Å². The van der Waals surface area contributed by atoms with Crippen molar-refractivity contribution < 1.29 is 4.74 Å². The third kappa shape index (κ3) is 2.71. The second kappa shape index (κ2) is 3.97. The average molecular weight is 174 g/mol. The molecule has 4 heteroatoms. The lowest BCUT2D eigenvalue weighted by molar-refractivity contribution is 0.0647. The standard InChI is InChI=1S/C7H14N2OS/c1-6-10-7(4-11-6)3-9(2)5-8/h5-8H,3-4H2,1-2H3/t6-,7-/m1/s1. The summed E-state index contributed by atoms with van der Waals surface area (Å²) in [5.74, 6) is 1.05. The Kier molecular flexibility index (Phi) is 3.20. The summed E-state index contributed by atoms with van der Waals surface area (Å²) in [5.41, 5.74) is 0.333. The Morgan fingerprint density at radius 2 is 2.55 bits per heavy atom. The molecule has 0 aromatic rings. The van der Waals surface area contributed by atoms with E-state index in [1.165, 1.54) is 6.34 Å². The van der Waals surface area contributed by atoms with Gasteiger partial charge in [-0.25, -0.2) is 0 Å². The van der Waals surface area contributed by atoms with Crippen LogP contribution >= 0.6 is 11.8 Å². The van der Waals surface area contributed by atoms with Gasteiger partial charge in [0, 0.05) is 19.3 Å². The first-order valence-electron chi connectivity index (χ1n) is 3.70. The highest BCUT2D eigenvalue weighted by atomic mass is 32.2. The van der Waals surface area contributed by atoms with Crippen molar-refractivity contribution >= 4 is 18.1 Å². The van der Waals surface area contributed by atoms with Crippen LogP contribution in [0.3, 0.4) is 0 Å². The first-order valence-corrected chi connectivity index (χ1v) is 4.75. The van der Waals surface area contributed by atoms with Crippen LogP contribution in [0, 0.1) is 5.41 Å². The molecule has 2 atom stereocenters. The van der Waals surface area contributed by atoms with Gasteiger partial charge in [0.25, 0.3) is 0 Å². The molecule has 11 heavy (non-hydrogen) atoms. The molecule has 1 heterocycles. The molecule has 64 valence electrons. The minimum Gasteiger partial charge on any atom is -0.364 e. The summed E-state index contributed by atoms with van der Waals surface area (Å²) in [6.07, 6.45) is 1.64. The van der Waals surface area contributed by atoms with Gasteiger partial charge in [0.15, 0.2) is 0 Å². The highest BCUT2D eigenvalue weighted by Crippen LogP contribution is 2.24. The van der Waals surface area contributed by atoms with Gasteiger partial charge in [0.1, 0.15) is 5.44 Å². The number of ether oxygens (including phenoxy) is 1. The molecule has 1 fully saturated rings. The second-order valence-electron chi connectivity index (χ2n) is 2.73. The Hall–Kier alpha value is -0.220. The van der Waals surface area contributed by atoms with Crippen molar-refractivity contribution in [3.05, 3.63) is 0 Å². The molecule has 1 aliphatic rings. The SMILES string of the molecule is C[C@@H]1O[C@H](CN(C)C=N)CS1. The van der Waals surface area contributed by atoms with Gasteiger partial charge >= 0.3 is 0 Å². The smallest absolute Gasteiger partial charge is 0.101 e. The molecule has 1 aliphatic heterocycles. The van der Waals surface area contributed by atoms with Crippen molar-refractivity contribution in [2.45, 2.75) is 18.5 Å². The normalized spacial score (nSPS) is 30.4.